The summed E-state index contributed by atoms with van der Waals surface area (Å²) >= 11 is 0. The minimum Gasteiger partial charge on any atom is -0.369 e. The van der Waals surface area contributed by atoms with Gasteiger partial charge in [0.15, 0.2) is 0 Å². The van der Waals surface area contributed by atoms with Crippen molar-refractivity contribution in [2.45, 2.75) is 25.7 Å². The number of hydrogen-bond donors (Lipinski definition) is 4. The largest absolute Gasteiger partial charge is 0.369 e. The van der Waals surface area contributed by atoms with Gasteiger partial charge in [-0.25, -0.2) is 10.0 Å². The number of aromatic nitrogens is 1. The van der Waals surface area contributed by atoms with E-state index in [-0.39, 0.29) is 11.8 Å². The number of aromatic amines is 1. The minimum absolute atomic E-state index is 0.0352. The highest BCUT2D eigenvalue weighted by atomic mass is 16.1. The van der Waals surface area contributed by atoms with Crippen LogP contribution in [0.15, 0.2) is 23.0 Å². The molecule has 3 heterocycles. The number of allylic oxidation sites excluding steroid dienone is 1. The number of hydrogen-bond acceptors (Lipinski definition) is 5. The monoisotopic (exact) mass is 286 g/mol. The summed E-state index contributed by atoms with van der Waals surface area (Å²) in [5, 5.41) is 1.91. The lowest BCUT2D eigenvalue weighted by Crippen LogP contribution is -2.38. The number of carbonyl (C=O) groups excluding carboxylic acids is 1. The molecule has 5 N–H and O–H groups in total. The van der Waals surface area contributed by atoms with Gasteiger partial charge >= 0.3 is 0 Å². The molecule has 1 aliphatic carbocycles. The number of nitrogens with two attached hydrogens (primary N) is 1. The van der Waals surface area contributed by atoms with Gasteiger partial charge in [0.1, 0.15) is 12.2 Å². The van der Waals surface area contributed by atoms with Gasteiger partial charge in [0.25, 0.3) is 0 Å². The Balaban J connectivity index is 1.63. The van der Waals surface area contributed by atoms with E-state index in [0.29, 0.717) is 5.92 Å². The van der Waals surface area contributed by atoms with Crippen LogP contribution in [0, 0.1) is 11.8 Å². The lowest BCUT2D eigenvalue weighted by molar-refractivity contribution is -0.122. The number of nitrogens with zero attached hydrogens (tertiary/aromatic N) is 2. The highest BCUT2D eigenvalue weighted by Gasteiger charge is 2.34. The molecule has 0 bridgehead atoms. The van der Waals surface area contributed by atoms with Crippen LogP contribution >= 0.6 is 0 Å². The third kappa shape index (κ3) is 1.92. The van der Waals surface area contributed by atoms with Crippen LogP contribution in [-0.4, -0.2) is 22.2 Å². The number of H-pyrrole nitrogens is 1. The van der Waals surface area contributed by atoms with Crippen LogP contribution < -0.4 is 16.7 Å². The SMILES string of the molecule is NC(=O)[C@H]1CC[C@H](C2=C3c4cc[nH]c4N=CN3NN2)CC1. The summed E-state index contributed by atoms with van der Waals surface area (Å²) in [5.41, 5.74) is 15.2. The van der Waals surface area contributed by atoms with E-state index in [1.807, 2.05) is 17.3 Å². The lowest BCUT2D eigenvalue weighted by Gasteiger charge is -2.28. The normalized spacial score (nSPS) is 27.3. The molecule has 1 amide bonds. The number of hydrazine groups is 2. The van der Waals surface area contributed by atoms with E-state index in [0.717, 1.165) is 42.8 Å². The molecule has 3 aliphatic rings. The standard InChI is InChI=1S/C14H18N6O/c15-13(21)9-3-1-8(2-4-9)11-12-10-5-6-16-14(10)17-7-20(12)19-18-11/h5-9,16,18-19H,1-4H2,(H2,15,21)/t8-,9-. The number of amides is 1. The first-order chi connectivity index (χ1) is 10.2. The van der Waals surface area contributed by atoms with E-state index < -0.39 is 0 Å². The predicted octanol–water partition coefficient (Wildman–Crippen LogP) is 0.973. The predicted molar refractivity (Wildman–Crippen MR) is 78.6 cm³/mol. The molecule has 0 aromatic carbocycles. The maximum absolute atomic E-state index is 11.3. The molecule has 7 nitrogen and oxygen atoms in total. The van der Waals surface area contributed by atoms with Crippen LogP contribution in [0.3, 0.4) is 0 Å². The summed E-state index contributed by atoms with van der Waals surface area (Å²) < 4.78 is 0. The van der Waals surface area contributed by atoms with E-state index in [1.165, 1.54) is 5.70 Å². The molecule has 1 aromatic rings. The minimum atomic E-state index is -0.164. The van der Waals surface area contributed by atoms with Crippen LogP contribution in [0.4, 0.5) is 5.82 Å². The average molecular weight is 286 g/mol. The molecule has 1 aromatic heterocycles. The first-order valence-electron chi connectivity index (χ1n) is 7.30. The maximum atomic E-state index is 11.3. The number of nitrogens with one attached hydrogen (secondary N) is 3. The fourth-order valence-corrected chi connectivity index (χ4v) is 3.46. The van der Waals surface area contributed by atoms with E-state index in [4.69, 9.17) is 5.73 Å². The number of aliphatic imine (C=N–C) groups is 1. The Morgan fingerprint density at radius 1 is 1.33 bits per heavy atom. The molecular weight excluding hydrogens is 268 g/mol. The highest BCUT2D eigenvalue weighted by molar-refractivity contribution is 5.88. The van der Waals surface area contributed by atoms with Crippen molar-refractivity contribution >= 4 is 23.8 Å². The maximum Gasteiger partial charge on any atom is 0.220 e. The number of fused-ring (bicyclic) bond motifs is 3. The summed E-state index contributed by atoms with van der Waals surface area (Å²) in [5.74, 6) is 1.17. The summed E-state index contributed by atoms with van der Waals surface area (Å²) in [4.78, 5) is 18.8. The second-order valence-corrected chi connectivity index (χ2v) is 5.80. The van der Waals surface area contributed by atoms with E-state index in [2.05, 4.69) is 20.9 Å². The number of primary amides is 1. The lowest BCUT2D eigenvalue weighted by atomic mass is 9.79. The first-order valence-corrected chi connectivity index (χ1v) is 7.30. The molecule has 0 saturated heterocycles. The van der Waals surface area contributed by atoms with E-state index in [1.54, 1.807) is 6.34 Å². The third-order valence-corrected chi connectivity index (χ3v) is 4.63. The molecule has 1 saturated carbocycles. The Labute approximate surface area is 122 Å². The fourth-order valence-electron chi connectivity index (χ4n) is 3.46. The molecule has 110 valence electrons. The summed E-state index contributed by atoms with van der Waals surface area (Å²) in [7, 11) is 0. The number of rotatable bonds is 2. The zero-order chi connectivity index (χ0) is 14.4. The van der Waals surface area contributed by atoms with Crippen LogP contribution in [0.1, 0.15) is 31.2 Å². The zero-order valence-corrected chi connectivity index (χ0v) is 11.6. The van der Waals surface area contributed by atoms with Crippen LogP contribution in [0.2, 0.25) is 0 Å². The Morgan fingerprint density at radius 3 is 2.90 bits per heavy atom. The molecule has 7 heteroatoms. The molecule has 1 fully saturated rings. The van der Waals surface area contributed by atoms with Crippen LogP contribution in [0.25, 0.3) is 5.70 Å². The first kappa shape index (κ1) is 12.5. The van der Waals surface area contributed by atoms with Gasteiger partial charge < -0.3 is 16.1 Å². The summed E-state index contributed by atoms with van der Waals surface area (Å²) in [6.45, 7) is 0. The van der Waals surface area contributed by atoms with Crippen molar-refractivity contribution in [2.75, 3.05) is 0 Å². The van der Waals surface area contributed by atoms with E-state index >= 15 is 0 Å². The summed E-state index contributed by atoms with van der Waals surface area (Å²) in [6, 6.07) is 2.04. The smallest absolute Gasteiger partial charge is 0.220 e. The van der Waals surface area contributed by atoms with Crippen molar-refractivity contribution in [2.24, 2.45) is 22.6 Å². The van der Waals surface area contributed by atoms with Crippen molar-refractivity contribution in [3.05, 3.63) is 23.5 Å². The molecular formula is C14H18N6O. The third-order valence-electron chi connectivity index (χ3n) is 4.63. The topological polar surface area (TPSA) is 98.5 Å². The van der Waals surface area contributed by atoms with Crippen LogP contribution in [0.5, 0.6) is 0 Å². The van der Waals surface area contributed by atoms with Crippen molar-refractivity contribution in [3.63, 3.8) is 0 Å². The second kappa shape index (κ2) is 4.63. The molecule has 0 spiro atoms. The Morgan fingerprint density at radius 2 is 2.14 bits per heavy atom. The molecule has 0 radical (unpaired) electrons. The van der Waals surface area contributed by atoms with Gasteiger partial charge in [-0.3, -0.25) is 4.79 Å². The Hall–Kier alpha value is -2.28. The number of carbonyl (C=O) groups is 1. The van der Waals surface area contributed by atoms with Gasteiger partial charge in [-0.15, -0.1) is 5.53 Å². The molecule has 2 aliphatic heterocycles. The van der Waals surface area contributed by atoms with Crippen molar-refractivity contribution in [1.82, 2.24) is 21.0 Å². The second-order valence-electron chi connectivity index (χ2n) is 5.80. The van der Waals surface area contributed by atoms with Gasteiger partial charge in [-0.05, 0) is 31.7 Å². The molecule has 21 heavy (non-hydrogen) atoms. The van der Waals surface area contributed by atoms with Crippen molar-refractivity contribution in [1.29, 1.82) is 0 Å². The van der Waals surface area contributed by atoms with Gasteiger partial charge in [-0.1, -0.05) is 0 Å². The van der Waals surface area contributed by atoms with Gasteiger partial charge in [0, 0.05) is 23.6 Å². The molecule has 4 rings (SSSR count). The van der Waals surface area contributed by atoms with Gasteiger partial charge in [0.2, 0.25) is 5.91 Å². The van der Waals surface area contributed by atoms with Crippen molar-refractivity contribution < 1.29 is 4.79 Å². The fraction of sp³-hybridized carbons (Fsp3) is 0.429. The quantitative estimate of drug-likeness (QED) is 0.651. The van der Waals surface area contributed by atoms with Crippen LogP contribution in [-0.2, 0) is 4.79 Å². The van der Waals surface area contributed by atoms with Gasteiger partial charge in [0.05, 0.1) is 11.4 Å². The van der Waals surface area contributed by atoms with Gasteiger partial charge in [-0.2, -0.15) is 0 Å². The molecule has 0 atom stereocenters. The Bertz CT molecular complexity index is 638. The van der Waals surface area contributed by atoms with E-state index in [9.17, 15) is 4.79 Å². The van der Waals surface area contributed by atoms with Crippen molar-refractivity contribution in [3.8, 4) is 0 Å². The average Bonchev–Trinajstić information content (AvgIpc) is 3.13. The summed E-state index contributed by atoms with van der Waals surface area (Å²) in [6.07, 6.45) is 7.36. The Kier molecular flexibility index (Phi) is 2.75. The highest BCUT2D eigenvalue weighted by Crippen LogP contribution is 2.40. The zero-order valence-electron chi connectivity index (χ0n) is 11.6. The molecule has 0 unspecified atom stereocenters.